The van der Waals surface area contributed by atoms with Gasteiger partial charge in [0.05, 0.1) is 17.9 Å². The molecule has 1 aliphatic rings. The molecule has 0 radical (unpaired) electrons. The Morgan fingerprint density at radius 1 is 1.09 bits per heavy atom. The second kappa shape index (κ2) is 9.90. The smallest absolute Gasteiger partial charge is 0.225 e. The van der Waals surface area contributed by atoms with Crippen molar-refractivity contribution >= 4 is 11.6 Å². The average Bonchev–Trinajstić information content (AvgIpc) is 3.58. The Morgan fingerprint density at radius 2 is 1.91 bits per heavy atom. The van der Waals surface area contributed by atoms with Gasteiger partial charge in [0.2, 0.25) is 5.95 Å². The maximum atomic E-state index is 6.34. The van der Waals surface area contributed by atoms with Crippen LogP contribution in [-0.2, 0) is 13.0 Å². The Bertz CT molecular complexity index is 1240. The third-order valence-corrected chi connectivity index (χ3v) is 6.43. The van der Waals surface area contributed by atoms with Crippen molar-refractivity contribution < 1.29 is 0 Å². The molecule has 0 saturated carbocycles. The van der Waals surface area contributed by atoms with Crippen LogP contribution in [0.15, 0.2) is 42.7 Å². The zero-order chi connectivity index (χ0) is 23.5. The Kier molecular flexibility index (Phi) is 6.55. The first-order valence-corrected chi connectivity index (χ1v) is 12.1. The van der Waals surface area contributed by atoms with Crippen molar-refractivity contribution in [1.82, 2.24) is 39.6 Å². The van der Waals surface area contributed by atoms with Crippen LogP contribution in [0.25, 0.3) is 11.3 Å². The number of para-hydroxylation sites is 1. The molecule has 34 heavy (non-hydrogen) atoms. The zero-order valence-electron chi connectivity index (χ0n) is 20.0. The molecule has 0 amide bonds. The summed E-state index contributed by atoms with van der Waals surface area (Å²) in [6, 6.07) is 10.2. The summed E-state index contributed by atoms with van der Waals surface area (Å²) in [5.74, 6) is 1.32. The van der Waals surface area contributed by atoms with Crippen molar-refractivity contribution in [2.75, 3.05) is 31.9 Å². The van der Waals surface area contributed by atoms with Crippen molar-refractivity contribution in [1.29, 1.82) is 0 Å². The van der Waals surface area contributed by atoms with Gasteiger partial charge in [0.25, 0.3) is 0 Å². The van der Waals surface area contributed by atoms with Crippen LogP contribution in [0, 0.1) is 0 Å². The van der Waals surface area contributed by atoms with Crippen molar-refractivity contribution in [2.45, 2.75) is 45.6 Å². The molecule has 9 heteroatoms. The van der Waals surface area contributed by atoms with Gasteiger partial charge < -0.3 is 16.0 Å². The van der Waals surface area contributed by atoms with Gasteiger partial charge in [0, 0.05) is 37.5 Å². The van der Waals surface area contributed by atoms with Crippen LogP contribution < -0.4 is 11.1 Å². The van der Waals surface area contributed by atoms with Gasteiger partial charge >= 0.3 is 0 Å². The van der Waals surface area contributed by atoms with Crippen molar-refractivity contribution in [3.8, 4) is 5.69 Å². The first-order chi connectivity index (χ1) is 16.6. The number of anilines is 1. The molecule has 3 N–H and O–H groups in total. The van der Waals surface area contributed by atoms with E-state index < -0.39 is 0 Å². The van der Waals surface area contributed by atoms with E-state index >= 15 is 0 Å². The van der Waals surface area contributed by atoms with E-state index in [-0.39, 0.29) is 5.92 Å². The van der Waals surface area contributed by atoms with Gasteiger partial charge in [-0.15, -0.1) is 0 Å². The minimum Gasteiger partial charge on any atom is -0.368 e. The number of aromatic nitrogens is 6. The number of likely N-dealkylation sites (tertiary alicyclic amines) is 1. The van der Waals surface area contributed by atoms with E-state index in [1.807, 2.05) is 29.1 Å². The minimum atomic E-state index is 0.245. The number of nitrogens with two attached hydrogens (primary N) is 1. The van der Waals surface area contributed by atoms with Gasteiger partial charge in [0.1, 0.15) is 5.82 Å². The molecule has 0 unspecified atom stereocenters. The van der Waals surface area contributed by atoms with Crippen LogP contribution in [-0.4, -0.2) is 60.4 Å². The summed E-state index contributed by atoms with van der Waals surface area (Å²) in [4.78, 5) is 11.9. The van der Waals surface area contributed by atoms with Crippen molar-refractivity contribution in [2.24, 2.45) is 0 Å². The van der Waals surface area contributed by atoms with E-state index in [2.05, 4.69) is 46.3 Å². The van der Waals surface area contributed by atoms with E-state index in [0.29, 0.717) is 24.7 Å². The highest BCUT2D eigenvalue weighted by Gasteiger charge is 2.21. The fourth-order valence-electron chi connectivity index (χ4n) is 4.78. The molecular formula is C25H33N9. The molecule has 0 spiro atoms. The van der Waals surface area contributed by atoms with E-state index in [1.165, 1.54) is 25.9 Å². The van der Waals surface area contributed by atoms with Gasteiger partial charge in [-0.3, -0.25) is 0 Å². The lowest BCUT2D eigenvalue weighted by Crippen LogP contribution is -2.30. The van der Waals surface area contributed by atoms with Crippen molar-refractivity contribution in [3.63, 3.8) is 0 Å². The number of nitrogens with zero attached hydrogens (tertiary/aromatic N) is 7. The first kappa shape index (κ1) is 22.5. The van der Waals surface area contributed by atoms with Crippen LogP contribution in [0.1, 0.15) is 55.3 Å². The molecule has 0 aliphatic carbocycles. The fourth-order valence-corrected chi connectivity index (χ4v) is 4.78. The molecule has 5 rings (SSSR count). The second-order valence-corrected chi connectivity index (χ2v) is 9.23. The van der Waals surface area contributed by atoms with Gasteiger partial charge in [-0.1, -0.05) is 32.0 Å². The van der Waals surface area contributed by atoms with Crippen LogP contribution >= 0.6 is 0 Å². The summed E-state index contributed by atoms with van der Waals surface area (Å²) in [6.45, 7) is 9.32. The predicted molar refractivity (Wildman–Crippen MR) is 133 cm³/mol. The van der Waals surface area contributed by atoms with Crippen LogP contribution in [0.4, 0.5) is 5.95 Å². The summed E-state index contributed by atoms with van der Waals surface area (Å²) in [6.07, 6.45) is 7.03. The molecule has 1 aromatic carbocycles. The molecule has 9 nitrogen and oxygen atoms in total. The topological polar surface area (TPSA) is 102 Å². The second-order valence-electron chi connectivity index (χ2n) is 9.23. The lowest BCUT2D eigenvalue weighted by Gasteiger charge is -2.14. The van der Waals surface area contributed by atoms with E-state index in [0.717, 1.165) is 41.2 Å². The first-order valence-electron chi connectivity index (χ1n) is 12.1. The van der Waals surface area contributed by atoms with E-state index in [9.17, 15) is 0 Å². The maximum absolute atomic E-state index is 6.34. The third-order valence-electron chi connectivity index (χ3n) is 6.43. The van der Waals surface area contributed by atoms with E-state index in [4.69, 9.17) is 15.8 Å². The quantitative estimate of drug-likeness (QED) is 0.371. The highest BCUT2D eigenvalue weighted by atomic mass is 15.3. The lowest BCUT2D eigenvalue weighted by atomic mass is 9.98. The lowest BCUT2D eigenvalue weighted by molar-refractivity contribution is 0.335. The number of hydrogen-bond donors (Lipinski definition) is 2. The standard InChI is InChI=1S/C25H33N9/c1-18(2)23-20(16-19-8-3-4-9-21(19)33-14-7-10-28-33)31-34-24(23)29-22(30-25(34)26)17-27-11-15-32-12-5-6-13-32/h3-4,7-10,14,18,27H,5-6,11-13,15-17H2,1-2H3,(H2,26,29,30). The molecule has 1 aliphatic heterocycles. The Morgan fingerprint density at radius 3 is 2.68 bits per heavy atom. The predicted octanol–water partition coefficient (Wildman–Crippen LogP) is 2.79. The summed E-state index contributed by atoms with van der Waals surface area (Å²) in [5.41, 5.74) is 11.4. The molecule has 4 heterocycles. The molecule has 4 aromatic rings. The Labute approximate surface area is 200 Å². The molecular weight excluding hydrogens is 426 g/mol. The number of fused-ring (bicyclic) bond motifs is 1. The Balaban J connectivity index is 1.41. The number of rotatable bonds is 9. The van der Waals surface area contributed by atoms with E-state index in [1.54, 1.807) is 10.7 Å². The number of nitrogen functional groups attached to an aromatic ring is 1. The average molecular weight is 460 g/mol. The number of hydrogen-bond acceptors (Lipinski definition) is 7. The summed E-state index contributed by atoms with van der Waals surface area (Å²) >= 11 is 0. The number of nitrogens with one attached hydrogen (secondary N) is 1. The third kappa shape index (κ3) is 4.67. The highest BCUT2D eigenvalue weighted by Crippen LogP contribution is 2.28. The molecule has 0 atom stereocenters. The van der Waals surface area contributed by atoms with Crippen molar-refractivity contribution in [3.05, 3.63) is 65.4 Å². The fraction of sp³-hybridized carbons (Fsp3) is 0.440. The SMILES string of the molecule is CC(C)c1c(Cc2ccccc2-n2cccn2)nn2c(N)nc(CNCCN3CCCC3)nc12. The summed E-state index contributed by atoms with van der Waals surface area (Å²) < 4.78 is 3.58. The Hall–Kier alpha value is -3.30. The molecule has 178 valence electrons. The molecule has 0 bridgehead atoms. The van der Waals surface area contributed by atoms with Gasteiger partial charge in [0.15, 0.2) is 5.65 Å². The monoisotopic (exact) mass is 459 g/mol. The molecule has 1 saturated heterocycles. The van der Waals surface area contributed by atoms with Crippen LogP contribution in [0.2, 0.25) is 0 Å². The normalized spacial score (nSPS) is 14.6. The number of benzene rings is 1. The van der Waals surface area contributed by atoms with Crippen LogP contribution in [0.3, 0.4) is 0 Å². The van der Waals surface area contributed by atoms with Gasteiger partial charge in [-0.05, 0) is 49.5 Å². The highest BCUT2D eigenvalue weighted by molar-refractivity contribution is 5.56. The molecule has 1 fully saturated rings. The van der Waals surface area contributed by atoms with Gasteiger partial charge in [-0.2, -0.15) is 19.7 Å². The van der Waals surface area contributed by atoms with Gasteiger partial charge in [-0.25, -0.2) is 9.67 Å². The minimum absolute atomic E-state index is 0.245. The summed E-state index contributed by atoms with van der Waals surface area (Å²) in [5, 5.41) is 12.7. The maximum Gasteiger partial charge on any atom is 0.225 e. The van der Waals surface area contributed by atoms with Crippen LogP contribution in [0.5, 0.6) is 0 Å². The molecule has 3 aromatic heterocycles. The largest absolute Gasteiger partial charge is 0.368 e. The summed E-state index contributed by atoms with van der Waals surface area (Å²) in [7, 11) is 0. The zero-order valence-corrected chi connectivity index (χ0v) is 20.0.